The summed E-state index contributed by atoms with van der Waals surface area (Å²) in [5.74, 6) is -0.165. The van der Waals surface area contributed by atoms with Crippen LogP contribution in [-0.2, 0) is 16.1 Å². The zero-order chi connectivity index (χ0) is 23.2. The molecule has 0 fully saturated rings. The number of benzene rings is 1. The van der Waals surface area contributed by atoms with Crippen LogP contribution in [0.5, 0.6) is 0 Å². The molecule has 0 saturated heterocycles. The molecule has 0 aliphatic rings. The van der Waals surface area contributed by atoms with Gasteiger partial charge in [-0.15, -0.1) is 0 Å². The summed E-state index contributed by atoms with van der Waals surface area (Å²) >= 11 is 0. The molecular formula is C24H38N4O3. The van der Waals surface area contributed by atoms with Gasteiger partial charge in [0.1, 0.15) is 5.60 Å². The third-order valence-corrected chi connectivity index (χ3v) is 5.05. The first-order valence-corrected chi connectivity index (χ1v) is 11.0. The monoisotopic (exact) mass is 430 g/mol. The Hall–Kier alpha value is -2.54. The van der Waals surface area contributed by atoms with E-state index in [2.05, 4.69) is 46.2 Å². The molecule has 0 atom stereocenters. The van der Waals surface area contributed by atoms with Gasteiger partial charge in [0.15, 0.2) is 0 Å². The lowest BCUT2D eigenvalue weighted by atomic mass is 10.0. The number of aromatic nitrogens is 1. The van der Waals surface area contributed by atoms with Gasteiger partial charge in [0.2, 0.25) is 5.91 Å². The summed E-state index contributed by atoms with van der Waals surface area (Å²) in [6.07, 6.45) is 1.70. The average molecular weight is 431 g/mol. The molecular weight excluding hydrogens is 392 g/mol. The third-order valence-electron chi connectivity index (χ3n) is 5.05. The smallest absolute Gasteiger partial charge is 0.408 e. The maximum absolute atomic E-state index is 12.6. The molecule has 0 aliphatic heterocycles. The van der Waals surface area contributed by atoms with E-state index in [1.54, 1.807) is 34.6 Å². The van der Waals surface area contributed by atoms with E-state index < -0.39 is 17.2 Å². The molecule has 2 aromatic rings. The molecule has 0 aliphatic carbocycles. The molecule has 1 aromatic carbocycles. The van der Waals surface area contributed by atoms with Gasteiger partial charge in [-0.05, 0) is 72.0 Å². The van der Waals surface area contributed by atoms with Crippen LogP contribution in [0.25, 0.3) is 10.9 Å². The van der Waals surface area contributed by atoms with Crippen LogP contribution < -0.4 is 10.6 Å². The fourth-order valence-corrected chi connectivity index (χ4v) is 3.49. The number of hydrogen-bond donors (Lipinski definition) is 2. The average Bonchev–Trinajstić information content (AvgIpc) is 3.02. The van der Waals surface area contributed by atoms with Crippen molar-refractivity contribution in [2.24, 2.45) is 0 Å². The van der Waals surface area contributed by atoms with Gasteiger partial charge in [-0.1, -0.05) is 13.8 Å². The largest absolute Gasteiger partial charge is 0.444 e. The molecule has 2 N–H and O–H groups in total. The molecule has 7 nitrogen and oxygen atoms in total. The Morgan fingerprint density at radius 3 is 2.35 bits per heavy atom. The lowest BCUT2D eigenvalue weighted by Crippen LogP contribution is -2.47. The van der Waals surface area contributed by atoms with Crippen LogP contribution in [0, 0.1) is 0 Å². The quantitative estimate of drug-likeness (QED) is 0.609. The van der Waals surface area contributed by atoms with Crippen LogP contribution in [0.1, 0.15) is 54.9 Å². The third kappa shape index (κ3) is 7.90. The number of amides is 2. The molecule has 1 heterocycles. The van der Waals surface area contributed by atoms with Crippen LogP contribution in [0.2, 0.25) is 0 Å². The Morgan fingerprint density at radius 1 is 1.06 bits per heavy atom. The van der Waals surface area contributed by atoms with E-state index >= 15 is 0 Å². The van der Waals surface area contributed by atoms with E-state index in [9.17, 15) is 9.59 Å². The van der Waals surface area contributed by atoms with Crippen molar-refractivity contribution < 1.29 is 14.3 Å². The van der Waals surface area contributed by atoms with E-state index in [-0.39, 0.29) is 12.3 Å². The van der Waals surface area contributed by atoms with Crippen molar-refractivity contribution in [2.45, 2.75) is 72.6 Å². The van der Waals surface area contributed by atoms with Crippen molar-refractivity contribution in [2.75, 3.05) is 25.0 Å². The highest BCUT2D eigenvalue weighted by Gasteiger charge is 2.27. The Bertz CT molecular complexity index is 892. The van der Waals surface area contributed by atoms with Gasteiger partial charge in [-0.2, -0.15) is 0 Å². The van der Waals surface area contributed by atoms with Gasteiger partial charge < -0.3 is 24.8 Å². The Kier molecular flexibility index (Phi) is 8.12. The molecule has 0 radical (unpaired) electrons. The van der Waals surface area contributed by atoms with Crippen molar-refractivity contribution >= 4 is 28.6 Å². The van der Waals surface area contributed by atoms with Crippen molar-refractivity contribution in [3.63, 3.8) is 0 Å². The van der Waals surface area contributed by atoms with Gasteiger partial charge in [0.25, 0.3) is 0 Å². The Balaban J connectivity index is 1.97. The summed E-state index contributed by atoms with van der Waals surface area (Å²) in [4.78, 5) is 27.0. The van der Waals surface area contributed by atoms with E-state index in [4.69, 9.17) is 4.74 Å². The molecule has 31 heavy (non-hydrogen) atoms. The van der Waals surface area contributed by atoms with E-state index in [0.29, 0.717) is 0 Å². The van der Waals surface area contributed by atoms with Gasteiger partial charge in [-0.25, -0.2) is 4.79 Å². The molecule has 0 unspecified atom stereocenters. The second-order valence-corrected chi connectivity index (χ2v) is 9.55. The maximum atomic E-state index is 12.6. The van der Waals surface area contributed by atoms with Crippen LogP contribution in [0.4, 0.5) is 10.5 Å². The summed E-state index contributed by atoms with van der Waals surface area (Å²) in [5, 5.41) is 6.79. The number of anilines is 1. The molecule has 0 saturated carbocycles. The topological polar surface area (TPSA) is 75.6 Å². The predicted octanol–water partition coefficient (Wildman–Crippen LogP) is 4.62. The van der Waals surface area contributed by atoms with Crippen LogP contribution in [-0.4, -0.2) is 52.2 Å². The number of fused-ring (bicyclic) bond motifs is 1. The standard InChI is InChI=1S/C24H38N4O3/c1-8-27(9-2)14-15-28-13-12-18-16-19(10-11-20(18)28)25-21(29)17-24(6,7)26-22(30)31-23(3,4)5/h10-13,16H,8-9,14-15,17H2,1-7H3,(H,25,29)(H,26,30). The number of nitrogens with one attached hydrogen (secondary N) is 2. The summed E-state index contributed by atoms with van der Waals surface area (Å²) in [6, 6.07) is 8.01. The van der Waals surface area contributed by atoms with Gasteiger partial charge in [-0.3, -0.25) is 4.79 Å². The van der Waals surface area contributed by atoms with E-state index in [0.717, 1.165) is 42.8 Å². The molecule has 0 spiro atoms. The fraction of sp³-hybridized carbons (Fsp3) is 0.583. The molecule has 172 valence electrons. The molecule has 2 amide bonds. The minimum absolute atomic E-state index is 0.134. The fourth-order valence-electron chi connectivity index (χ4n) is 3.49. The SMILES string of the molecule is CCN(CC)CCn1ccc2cc(NC(=O)CC(C)(C)NC(=O)OC(C)(C)C)ccc21. The lowest BCUT2D eigenvalue weighted by molar-refractivity contribution is -0.117. The van der Waals surface area contributed by atoms with Gasteiger partial charge in [0, 0.05) is 47.8 Å². The molecule has 2 rings (SSSR count). The number of nitrogens with zero attached hydrogens (tertiary/aromatic N) is 2. The van der Waals surface area contributed by atoms with Crippen molar-refractivity contribution in [3.05, 3.63) is 30.5 Å². The summed E-state index contributed by atoms with van der Waals surface area (Å²) in [5.41, 5.74) is 0.577. The number of ether oxygens (including phenoxy) is 1. The maximum Gasteiger partial charge on any atom is 0.408 e. The van der Waals surface area contributed by atoms with Crippen LogP contribution >= 0.6 is 0 Å². The first-order valence-electron chi connectivity index (χ1n) is 11.0. The summed E-state index contributed by atoms with van der Waals surface area (Å²) in [6.45, 7) is 17.4. The number of alkyl carbamates (subject to hydrolysis) is 1. The Labute approximate surface area is 186 Å². The molecule has 7 heteroatoms. The number of carbonyl (C=O) groups excluding carboxylic acids is 2. The first-order chi connectivity index (χ1) is 14.4. The highest BCUT2D eigenvalue weighted by Crippen LogP contribution is 2.22. The summed E-state index contributed by atoms with van der Waals surface area (Å²) < 4.78 is 7.53. The second kappa shape index (κ2) is 10.2. The minimum atomic E-state index is -0.732. The van der Waals surface area contributed by atoms with E-state index in [1.165, 1.54) is 0 Å². The van der Waals surface area contributed by atoms with Gasteiger partial charge in [0.05, 0.1) is 0 Å². The van der Waals surface area contributed by atoms with Crippen molar-refractivity contribution in [3.8, 4) is 0 Å². The second-order valence-electron chi connectivity index (χ2n) is 9.55. The molecule has 0 bridgehead atoms. The Morgan fingerprint density at radius 2 is 1.74 bits per heavy atom. The lowest BCUT2D eigenvalue weighted by Gasteiger charge is -2.28. The highest BCUT2D eigenvalue weighted by atomic mass is 16.6. The van der Waals surface area contributed by atoms with Crippen molar-refractivity contribution in [1.82, 2.24) is 14.8 Å². The molecule has 1 aromatic heterocycles. The van der Waals surface area contributed by atoms with Crippen LogP contribution in [0.3, 0.4) is 0 Å². The normalized spacial score (nSPS) is 12.3. The van der Waals surface area contributed by atoms with Crippen molar-refractivity contribution in [1.29, 1.82) is 0 Å². The number of rotatable bonds is 9. The van der Waals surface area contributed by atoms with Gasteiger partial charge >= 0.3 is 6.09 Å². The zero-order valence-electron chi connectivity index (χ0n) is 20.0. The predicted molar refractivity (Wildman–Crippen MR) is 126 cm³/mol. The number of carbonyl (C=O) groups is 2. The number of hydrogen-bond acceptors (Lipinski definition) is 4. The van der Waals surface area contributed by atoms with Crippen LogP contribution in [0.15, 0.2) is 30.5 Å². The minimum Gasteiger partial charge on any atom is -0.444 e. The zero-order valence-corrected chi connectivity index (χ0v) is 20.0. The number of likely N-dealkylation sites (N-methyl/N-ethyl adjacent to an activating group) is 1. The van der Waals surface area contributed by atoms with E-state index in [1.807, 2.05) is 18.2 Å². The first kappa shape index (κ1) is 24.7. The summed E-state index contributed by atoms with van der Waals surface area (Å²) in [7, 11) is 0. The highest BCUT2D eigenvalue weighted by molar-refractivity contribution is 5.94.